The Bertz CT molecular complexity index is 877. The van der Waals surface area contributed by atoms with Crippen molar-refractivity contribution >= 4 is 29.2 Å². The third-order valence-electron chi connectivity index (χ3n) is 4.73. The number of esters is 1. The number of hydrogen-bond acceptors (Lipinski definition) is 5. The molecule has 0 aliphatic carbocycles. The average Bonchev–Trinajstić information content (AvgIpc) is 3.19. The molecule has 1 heterocycles. The molecule has 30 heavy (non-hydrogen) atoms. The van der Waals surface area contributed by atoms with Gasteiger partial charge in [-0.15, -0.1) is 0 Å². The fraction of sp³-hybridized carbons (Fsp3) is 0.348. The summed E-state index contributed by atoms with van der Waals surface area (Å²) in [6.07, 6.45) is 3.25. The molecule has 0 saturated carbocycles. The standard InChI is InChI=1S/C23H26N2O5/c1-2-3-15-29-23(28)17-6-12-20(13-7-17)30-16-21(26)24-18-8-10-19(11-9-18)25-14-4-5-22(25)27/h6-13H,2-5,14-16H2,1H3,(H,24,26). The fourth-order valence-electron chi connectivity index (χ4n) is 3.07. The van der Waals surface area contributed by atoms with E-state index in [9.17, 15) is 14.4 Å². The number of carbonyl (C=O) groups is 3. The van der Waals surface area contributed by atoms with Gasteiger partial charge >= 0.3 is 5.97 Å². The first kappa shape index (κ1) is 21.4. The molecule has 0 aromatic heterocycles. The molecule has 0 unspecified atom stereocenters. The molecule has 3 rings (SSSR count). The van der Waals surface area contributed by atoms with Crippen molar-refractivity contribution in [1.29, 1.82) is 0 Å². The number of nitrogens with one attached hydrogen (secondary N) is 1. The van der Waals surface area contributed by atoms with Gasteiger partial charge < -0.3 is 19.7 Å². The van der Waals surface area contributed by atoms with Crippen molar-refractivity contribution in [2.24, 2.45) is 0 Å². The summed E-state index contributed by atoms with van der Waals surface area (Å²) in [5, 5.41) is 2.76. The second kappa shape index (κ2) is 10.4. The summed E-state index contributed by atoms with van der Waals surface area (Å²) in [4.78, 5) is 37.5. The van der Waals surface area contributed by atoms with Crippen molar-refractivity contribution in [3.8, 4) is 5.75 Å². The van der Waals surface area contributed by atoms with Gasteiger partial charge in [0.05, 0.1) is 12.2 Å². The predicted molar refractivity (Wildman–Crippen MR) is 114 cm³/mol. The number of unbranched alkanes of at least 4 members (excludes halogenated alkanes) is 1. The zero-order chi connectivity index (χ0) is 21.3. The normalized spacial score (nSPS) is 13.2. The highest BCUT2D eigenvalue weighted by Gasteiger charge is 2.21. The van der Waals surface area contributed by atoms with Crippen LogP contribution in [0.4, 0.5) is 11.4 Å². The molecule has 158 valence electrons. The number of anilines is 2. The molecule has 1 aliphatic heterocycles. The molecule has 7 nitrogen and oxygen atoms in total. The largest absolute Gasteiger partial charge is 0.484 e. The third kappa shape index (κ3) is 5.83. The van der Waals surface area contributed by atoms with Gasteiger partial charge in [0.15, 0.2) is 6.61 Å². The summed E-state index contributed by atoms with van der Waals surface area (Å²) in [6.45, 7) is 3.01. The van der Waals surface area contributed by atoms with Crippen LogP contribution < -0.4 is 15.0 Å². The van der Waals surface area contributed by atoms with Crippen molar-refractivity contribution in [2.45, 2.75) is 32.6 Å². The van der Waals surface area contributed by atoms with Crippen molar-refractivity contribution in [2.75, 3.05) is 30.0 Å². The zero-order valence-corrected chi connectivity index (χ0v) is 17.1. The van der Waals surface area contributed by atoms with E-state index >= 15 is 0 Å². The van der Waals surface area contributed by atoms with Crippen molar-refractivity contribution in [1.82, 2.24) is 0 Å². The molecule has 0 radical (unpaired) electrons. The van der Waals surface area contributed by atoms with E-state index in [0.29, 0.717) is 30.0 Å². The molecule has 7 heteroatoms. The highest BCUT2D eigenvalue weighted by Crippen LogP contribution is 2.23. The van der Waals surface area contributed by atoms with Crippen LogP contribution in [0.3, 0.4) is 0 Å². The monoisotopic (exact) mass is 410 g/mol. The third-order valence-corrected chi connectivity index (χ3v) is 4.73. The van der Waals surface area contributed by atoms with Crippen LogP contribution in [0.1, 0.15) is 43.0 Å². The van der Waals surface area contributed by atoms with Crippen LogP contribution in [-0.4, -0.2) is 37.5 Å². The Morgan fingerprint density at radius 3 is 2.43 bits per heavy atom. The minimum absolute atomic E-state index is 0.125. The van der Waals surface area contributed by atoms with Crippen LogP contribution in [0.2, 0.25) is 0 Å². The number of carbonyl (C=O) groups excluding carboxylic acids is 3. The lowest BCUT2D eigenvalue weighted by atomic mass is 10.2. The maximum absolute atomic E-state index is 12.1. The van der Waals surface area contributed by atoms with Crippen LogP contribution in [-0.2, 0) is 14.3 Å². The Morgan fingerprint density at radius 1 is 1.07 bits per heavy atom. The Morgan fingerprint density at radius 2 is 1.80 bits per heavy atom. The SMILES string of the molecule is CCCCOC(=O)c1ccc(OCC(=O)Nc2ccc(N3CCCC3=O)cc2)cc1. The first-order valence-electron chi connectivity index (χ1n) is 10.2. The number of nitrogens with zero attached hydrogens (tertiary/aromatic N) is 1. The second-order valence-corrected chi connectivity index (χ2v) is 7.05. The molecule has 0 bridgehead atoms. The molecule has 0 spiro atoms. The van der Waals surface area contributed by atoms with E-state index in [2.05, 4.69) is 5.32 Å². The van der Waals surface area contributed by atoms with Crippen LogP contribution in [0.25, 0.3) is 0 Å². The first-order chi connectivity index (χ1) is 14.6. The van der Waals surface area contributed by atoms with Gasteiger partial charge in [0.2, 0.25) is 5.91 Å². The lowest BCUT2D eigenvalue weighted by molar-refractivity contribution is -0.118. The molecule has 1 saturated heterocycles. The summed E-state index contributed by atoms with van der Waals surface area (Å²) in [7, 11) is 0. The van der Waals surface area contributed by atoms with Gasteiger partial charge in [-0.2, -0.15) is 0 Å². The highest BCUT2D eigenvalue weighted by molar-refractivity contribution is 5.96. The van der Waals surface area contributed by atoms with Crippen LogP contribution >= 0.6 is 0 Å². The van der Waals surface area contributed by atoms with Crippen molar-refractivity contribution in [3.05, 3.63) is 54.1 Å². The number of rotatable bonds is 9. The average molecular weight is 410 g/mol. The molecule has 1 fully saturated rings. The summed E-state index contributed by atoms with van der Waals surface area (Å²) in [5.74, 6) is -0.0616. The number of hydrogen-bond donors (Lipinski definition) is 1. The van der Waals surface area contributed by atoms with Gasteiger partial charge in [0.25, 0.3) is 5.91 Å². The highest BCUT2D eigenvalue weighted by atomic mass is 16.5. The fourth-order valence-corrected chi connectivity index (χ4v) is 3.07. The summed E-state index contributed by atoms with van der Waals surface area (Å²) >= 11 is 0. The molecule has 0 atom stereocenters. The number of ether oxygens (including phenoxy) is 2. The molecule has 2 aromatic rings. The number of amides is 2. The molecular weight excluding hydrogens is 384 g/mol. The van der Waals surface area contributed by atoms with Crippen LogP contribution in [0, 0.1) is 0 Å². The van der Waals surface area contributed by atoms with Gasteiger partial charge in [0, 0.05) is 24.3 Å². The maximum Gasteiger partial charge on any atom is 0.338 e. The lowest BCUT2D eigenvalue weighted by Crippen LogP contribution is -2.23. The predicted octanol–water partition coefficient (Wildman–Crippen LogP) is 3.79. The van der Waals surface area contributed by atoms with Gasteiger partial charge in [-0.1, -0.05) is 13.3 Å². The number of benzene rings is 2. The molecule has 1 N–H and O–H groups in total. The molecule has 2 amide bonds. The molecule has 2 aromatic carbocycles. The summed E-state index contributed by atoms with van der Waals surface area (Å²) in [6, 6.07) is 13.6. The zero-order valence-electron chi connectivity index (χ0n) is 17.1. The lowest BCUT2D eigenvalue weighted by Gasteiger charge is -2.16. The van der Waals surface area contributed by atoms with Gasteiger partial charge in [-0.25, -0.2) is 4.79 Å². The summed E-state index contributed by atoms with van der Waals surface area (Å²) < 4.78 is 10.6. The Kier molecular flexibility index (Phi) is 7.43. The smallest absolute Gasteiger partial charge is 0.338 e. The Hall–Kier alpha value is -3.35. The van der Waals surface area contributed by atoms with Crippen LogP contribution in [0.5, 0.6) is 5.75 Å². The van der Waals surface area contributed by atoms with Gasteiger partial charge in [-0.3, -0.25) is 9.59 Å². The van der Waals surface area contributed by atoms with E-state index in [1.54, 1.807) is 41.3 Å². The first-order valence-corrected chi connectivity index (χ1v) is 10.2. The van der Waals surface area contributed by atoms with E-state index < -0.39 is 0 Å². The van der Waals surface area contributed by atoms with E-state index in [-0.39, 0.29) is 24.4 Å². The molecular formula is C23H26N2O5. The van der Waals surface area contributed by atoms with Crippen molar-refractivity contribution in [3.63, 3.8) is 0 Å². The minimum Gasteiger partial charge on any atom is -0.484 e. The Balaban J connectivity index is 1.45. The van der Waals surface area contributed by atoms with Gasteiger partial charge in [0.1, 0.15) is 5.75 Å². The second-order valence-electron chi connectivity index (χ2n) is 7.05. The van der Waals surface area contributed by atoms with Crippen LogP contribution in [0.15, 0.2) is 48.5 Å². The topological polar surface area (TPSA) is 84.9 Å². The Labute approximate surface area is 176 Å². The molecule has 1 aliphatic rings. The summed E-state index contributed by atoms with van der Waals surface area (Å²) in [5.41, 5.74) is 1.91. The van der Waals surface area contributed by atoms with Crippen molar-refractivity contribution < 1.29 is 23.9 Å². The van der Waals surface area contributed by atoms with E-state index in [4.69, 9.17) is 9.47 Å². The minimum atomic E-state index is -0.369. The quantitative estimate of drug-likeness (QED) is 0.502. The van der Waals surface area contributed by atoms with E-state index in [1.807, 2.05) is 19.1 Å². The van der Waals surface area contributed by atoms with E-state index in [0.717, 1.165) is 31.5 Å². The maximum atomic E-state index is 12.1. The van der Waals surface area contributed by atoms with Gasteiger partial charge in [-0.05, 0) is 61.4 Å². The van der Waals surface area contributed by atoms with E-state index in [1.165, 1.54) is 0 Å².